The van der Waals surface area contributed by atoms with Crippen LogP contribution in [-0.2, 0) is 0 Å². The normalized spacial score (nSPS) is 14.1. The molecule has 1 N–H and O–H groups in total. The predicted molar refractivity (Wildman–Crippen MR) is 237 cm³/mol. The summed E-state index contributed by atoms with van der Waals surface area (Å²) in [5.41, 5.74) is 11.6. The van der Waals surface area contributed by atoms with Crippen molar-refractivity contribution in [2.45, 2.75) is 6.17 Å². The Morgan fingerprint density at radius 2 is 0.965 bits per heavy atom. The van der Waals surface area contributed by atoms with Crippen molar-refractivity contribution in [1.29, 1.82) is 0 Å². The lowest BCUT2D eigenvalue weighted by molar-refractivity contribution is 0.670. The number of rotatable bonds is 6. The molecular weight excluding hydrogens is 695 g/mol. The molecule has 4 heteroatoms. The summed E-state index contributed by atoms with van der Waals surface area (Å²) >= 11 is 0. The van der Waals surface area contributed by atoms with Gasteiger partial charge in [0.15, 0.2) is 6.17 Å². The number of hydrogen-bond acceptors (Lipinski definition) is 4. The zero-order chi connectivity index (χ0) is 37.7. The van der Waals surface area contributed by atoms with Crippen LogP contribution in [0.1, 0.15) is 22.9 Å². The van der Waals surface area contributed by atoms with Crippen LogP contribution >= 0.6 is 0 Å². The van der Waals surface area contributed by atoms with E-state index < -0.39 is 6.17 Å². The number of hydrogen-bond donors (Lipinski definition) is 1. The molecule has 4 nitrogen and oxygen atoms in total. The highest BCUT2D eigenvalue weighted by Crippen LogP contribution is 2.43. The third-order valence-electron chi connectivity index (χ3n) is 11.1. The van der Waals surface area contributed by atoms with Crippen LogP contribution in [0.5, 0.6) is 0 Å². The molecular formula is C53H35N3O. The number of nitrogens with zero attached hydrogens (tertiary/aromatic N) is 2. The van der Waals surface area contributed by atoms with Crippen LogP contribution < -0.4 is 5.32 Å². The Balaban J connectivity index is 1.07. The van der Waals surface area contributed by atoms with Crippen LogP contribution in [0.4, 0.5) is 0 Å². The summed E-state index contributed by atoms with van der Waals surface area (Å²) in [6.45, 7) is 0. The van der Waals surface area contributed by atoms with E-state index in [9.17, 15) is 0 Å². The van der Waals surface area contributed by atoms with Gasteiger partial charge >= 0.3 is 0 Å². The molecule has 0 amide bonds. The second-order valence-electron chi connectivity index (χ2n) is 14.6. The SMILES string of the molecule is c1ccc(C2=NC(c3cc(-c4cccc5oc6c(-c7ccc8ccccc8c7)cccc6c45)c4ccccc4c3)N=C(c3ccc(-c4ccccc4)cc3)N2)cc1. The highest BCUT2D eigenvalue weighted by Gasteiger charge is 2.23. The fourth-order valence-electron chi connectivity index (χ4n) is 8.30. The molecule has 0 radical (unpaired) electrons. The van der Waals surface area contributed by atoms with Crippen molar-refractivity contribution in [3.8, 4) is 33.4 Å². The fourth-order valence-corrected chi connectivity index (χ4v) is 8.30. The maximum Gasteiger partial charge on any atom is 0.169 e. The molecule has 9 aromatic carbocycles. The number of furan rings is 1. The van der Waals surface area contributed by atoms with Crippen LogP contribution in [0.15, 0.2) is 215 Å². The third kappa shape index (κ3) is 5.87. The van der Waals surface area contributed by atoms with Gasteiger partial charge in [-0.25, -0.2) is 9.98 Å². The monoisotopic (exact) mass is 729 g/mol. The number of amidine groups is 2. The Morgan fingerprint density at radius 1 is 0.386 bits per heavy atom. The van der Waals surface area contributed by atoms with Crippen molar-refractivity contribution in [3.05, 3.63) is 217 Å². The lowest BCUT2D eigenvalue weighted by Gasteiger charge is -2.23. The van der Waals surface area contributed by atoms with E-state index in [2.05, 4.69) is 181 Å². The summed E-state index contributed by atoms with van der Waals surface area (Å²) in [6.07, 6.45) is -0.478. The predicted octanol–water partition coefficient (Wildman–Crippen LogP) is 13.4. The largest absolute Gasteiger partial charge is 0.455 e. The van der Waals surface area contributed by atoms with Crippen LogP contribution in [-0.4, -0.2) is 11.7 Å². The van der Waals surface area contributed by atoms with Crippen molar-refractivity contribution in [2.24, 2.45) is 9.98 Å². The Kier molecular flexibility index (Phi) is 7.85. The molecule has 0 fully saturated rings. The molecule has 1 atom stereocenters. The van der Waals surface area contributed by atoms with Gasteiger partial charge in [-0.3, -0.25) is 0 Å². The van der Waals surface area contributed by atoms with Crippen molar-refractivity contribution in [1.82, 2.24) is 5.32 Å². The smallest absolute Gasteiger partial charge is 0.169 e. The van der Waals surface area contributed by atoms with Crippen molar-refractivity contribution in [2.75, 3.05) is 0 Å². The first kappa shape index (κ1) is 32.8. The zero-order valence-corrected chi connectivity index (χ0v) is 30.9. The molecule has 1 aliphatic rings. The Labute approximate surface area is 330 Å². The van der Waals surface area contributed by atoms with Gasteiger partial charge in [0, 0.05) is 27.5 Å². The minimum atomic E-state index is -0.478. The van der Waals surface area contributed by atoms with Crippen LogP contribution in [0.3, 0.4) is 0 Å². The van der Waals surface area contributed by atoms with Crippen molar-refractivity contribution < 1.29 is 4.42 Å². The molecule has 0 aliphatic carbocycles. The number of para-hydroxylation sites is 1. The minimum absolute atomic E-state index is 0.478. The number of aliphatic imine (C=N–C) groups is 2. The van der Waals surface area contributed by atoms with Crippen LogP contribution in [0.25, 0.3) is 76.9 Å². The summed E-state index contributed by atoms with van der Waals surface area (Å²) in [5, 5.41) is 10.5. The fraction of sp³-hybridized carbons (Fsp3) is 0.0189. The summed E-state index contributed by atoms with van der Waals surface area (Å²) in [5.74, 6) is 1.57. The first-order chi connectivity index (χ1) is 28.2. The summed E-state index contributed by atoms with van der Waals surface area (Å²) in [6, 6.07) is 70.5. The molecule has 1 aliphatic heterocycles. The first-order valence-electron chi connectivity index (χ1n) is 19.3. The number of nitrogens with one attached hydrogen (secondary N) is 1. The van der Waals surface area contributed by atoms with E-state index in [1.807, 2.05) is 24.3 Å². The van der Waals surface area contributed by atoms with Gasteiger partial charge in [0.2, 0.25) is 0 Å². The second kappa shape index (κ2) is 13.6. The molecule has 2 heterocycles. The van der Waals surface area contributed by atoms with Crippen LogP contribution in [0.2, 0.25) is 0 Å². The molecule has 268 valence electrons. The minimum Gasteiger partial charge on any atom is -0.455 e. The molecule has 0 spiro atoms. The highest BCUT2D eigenvalue weighted by molar-refractivity contribution is 6.18. The summed E-state index contributed by atoms with van der Waals surface area (Å²) in [4.78, 5) is 10.6. The molecule has 10 aromatic rings. The quantitative estimate of drug-likeness (QED) is 0.185. The highest BCUT2D eigenvalue weighted by atomic mass is 16.3. The molecule has 11 rings (SSSR count). The Morgan fingerprint density at radius 3 is 1.75 bits per heavy atom. The van der Waals surface area contributed by atoms with Gasteiger partial charge in [-0.2, -0.15) is 0 Å². The van der Waals surface area contributed by atoms with Gasteiger partial charge in [0.1, 0.15) is 22.8 Å². The third-order valence-corrected chi connectivity index (χ3v) is 11.1. The molecule has 1 unspecified atom stereocenters. The number of benzene rings is 9. The standard InChI is InChI=1S/C53H35N3O/c1-3-13-34(14-4-1)36-25-28-38(29-26-36)52-54-51(37-16-5-2-6-17-37)55-53(56-52)42-32-40-19-9-10-20-43(40)47(33-42)45-22-12-24-48-49(45)46-23-11-21-44(50(46)57-48)41-30-27-35-15-7-8-18-39(35)31-41/h1-33,53H,(H,54,55,56). The maximum atomic E-state index is 6.78. The van der Waals surface area contributed by atoms with Gasteiger partial charge in [0.05, 0.1) is 0 Å². The van der Waals surface area contributed by atoms with E-state index in [4.69, 9.17) is 14.4 Å². The van der Waals surface area contributed by atoms with E-state index in [0.29, 0.717) is 0 Å². The van der Waals surface area contributed by atoms with Crippen LogP contribution in [0, 0.1) is 0 Å². The maximum absolute atomic E-state index is 6.78. The van der Waals surface area contributed by atoms with Crippen molar-refractivity contribution in [3.63, 3.8) is 0 Å². The zero-order valence-electron chi connectivity index (χ0n) is 30.9. The van der Waals surface area contributed by atoms with E-state index in [0.717, 1.165) is 88.9 Å². The lowest BCUT2D eigenvalue weighted by Crippen LogP contribution is -2.36. The average molecular weight is 730 g/mol. The summed E-state index contributed by atoms with van der Waals surface area (Å²) < 4.78 is 6.78. The first-order valence-corrected chi connectivity index (χ1v) is 19.3. The number of fused-ring (bicyclic) bond motifs is 5. The van der Waals surface area contributed by atoms with E-state index >= 15 is 0 Å². The molecule has 0 saturated heterocycles. The van der Waals surface area contributed by atoms with E-state index in [-0.39, 0.29) is 0 Å². The van der Waals surface area contributed by atoms with Gasteiger partial charge in [-0.05, 0) is 79.2 Å². The molecule has 1 aromatic heterocycles. The summed E-state index contributed by atoms with van der Waals surface area (Å²) in [7, 11) is 0. The van der Waals surface area contributed by atoms with E-state index in [1.165, 1.54) is 16.3 Å². The second-order valence-corrected chi connectivity index (χ2v) is 14.6. The van der Waals surface area contributed by atoms with Gasteiger partial charge < -0.3 is 9.73 Å². The Bertz CT molecular complexity index is 3200. The van der Waals surface area contributed by atoms with Gasteiger partial charge in [-0.15, -0.1) is 0 Å². The topological polar surface area (TPSA) is 49.9 Å². The van der Waals surface area contributed by atoms with E-state index in [1.54, 1.807) is 0 Å². The van der Waals surface area contributed by atoms with Gasteiger partial charge in [-0.1, -0.05) is 176 Å². The molecule has 0 saturated carbocycles. The molecule has 0 bridgehead atoms. The Hall–Kier alpha value is -7.56. The van der Waals surface area contributed by atoms with Gasteiger partial charge in [0.25, 0.3) is 0 Å². The molecule has 57 heavy (non-hydrogen) atoms. The van der Waals surface area contributed by atoms with Crippen molar-refractivity contribution >= 4 is 55.2 Å². The lowest BCUT2D eigenvalue weighted by atomic mass is 9.91. The average Bonchev–Trinajstić information content (AvgIpc) is 3.68.